The van der Waals surface area contributed by atoms with Crippen LogP contribution in [0.2, 0.25) is 0 Å². The van der Waals surface area contributed by atoms with Gasteiger partial charge in [0.05, 0.1) is 4.92 Å². The number of hydrogen-bond acceptors (Lipinski definition) is 8. The van der Waals surface area contributed by atoms with Crippen molar-refractivity contribution in [3.05, 3.63) is 58.6 Å². The molecule has 3 N–H and O–H groups in total. The summed E-state index contributed by atoms with van der Waals surface area (Å²) in [5.41, 5.74) is 2.22. The Hall–Kier alpha value is -4.06. The quantitative estimate of drug-likeness (QED) is 0.294. The van der Waals surface area contributed by atoms with Gasteiger partial charge in [-0.15, -0.1) is 10.2 Å². The fraction of sp³-hybridized carbons (Fsp3) is 0.304. The van der Waals surface area contributed by atoms with E-state index in [2.05, 4.69) is 26.1 Å². The molecule has 0 aliphatic rings. The Labute approximate surface area is 206 Å². The maximum absolute atomic E-state index is 13.0. The highest BCUT2D eigenvalue weighted by Crippen LogP contribution is 2.28. The Morgan fingerprint density at radius 1 is 1.06 bits per heavy atom. The molecule has 1 heterocycles. The highest BCUT2D eigenvalue weighted by molar-refractivity contribution is 7.18. The van der Waals surface area contributed by atoms with Crippen molar-refractivity contribution in [2.75, 3.05) is 29.6 Å². The summed E-state index contributed by atoms with van der Waals surface area (Å²) < 4.78 is 0. The summed E-state index contributed by atoms with van der Waals surface area (Å²) in [7, 11) is 3.92. The fourth-order valence-electron chi connectivity index (χ4n) is 3.15. The van der Waals surface area contributed by atoms with Gasteiger partial charge in [0.1, 0.15) is 11.0 Å². The van der Waals surface area contributed by atoms with E-state index in [0.29, 0.717) is 22.2 Å². The van der Waals surface area contributed by atoms with Crippen LogP contribution in [0.15, 0.2) is 48.5 Å². The number of carbonyl (C=O) groups excluding carboxylic acids is 2. The molecule has 2 unspecified atom stereocenters. The summed E-state index contributed by atoms with van der Waals surface area (Å²) >= 11 is 1.24. The van der Waals surface area contributed by atoms with Crippen LogP contribution in [-0.2, 0) is 4.79 Å². The SMILES string of the molecule is CCC(C)C(NC(=O)Nc1ccc([N+](=O)[O-])cc1)C(=O)Nc1nnc(-c2ccc(N(C)C)cc2)s1. The van der Waals surface area contributed by atoms with E-state index in [4.69, 9.17) is 0 Å². The van der Waals surface area contributed by atoms with E-state index < -0.39 is 22.9 Å². The van der Waals surface area contributed by atoms with E-state index >= 15 is 0 Å². The predicted octanol–water partition coefficient (Wildman–Crippen LogP) is 4.35. The smallest absolute Gasteiger partial charge is 0.319 e. The number of nitro groups is 1. The van der Waals surface area contributed by atoms with Crippen molar-refractivity contribution in [3.63, 3.8) is 0 Å². The van der Waals surface area contributed by atoms with Crippen molar-refractivity contribution in [1.82, 2.24) is 15.5 Å². The van der Waals surface area contributed by atoms with Gasteiger partial charge < -0.3 is 15.5 Å². The molecule has 35 heavy (non-hydrogen) atoms. The first-order valence-electron chi connectivity index (χ1n) is 10.9. The third-order valence-electron chi connectivity index (χ3n) is 5.40. The Morgan fingerprint density at radius 3 is 2.29 bits per heavy atom. The van der Waals surface area contributed by atoms with Gasteiger partial charge in [-0.05, 0) is 42.3 Å². The minimum atomic E-state index is -0.829. The Kier molecular flexibility index (Phi) is 8.31. The highest BCUT2D eigenvalue weighted by atomic mass is 32.1. The Balaban J connectivity index is 1.65. The average Bonchev–Trinajstić information content (AvgIpc) is 3.30. The van der Waals surface area contributed by atoms with Crippen molar-refractivity contribution in [1.29, 1.82) is 0 Å². The monoisotopic (exact) mass is 497 g/mol. The lowest BCUT2D eigenvalue weighted by Crippen LogP contribution is -2.49. The molecule has 0 spiro atoms. The predicted molar refractivity (Wildman–Crippen MR) is 137 cm³/mol. The van der Waals surface area contributed by atoms with E-state index in [-0.39, 0.29) is 11.6 Å². The van der Waals surface area contributed by atoms with Crippen molar-refractivity contribution in [2.45, 2.75) is 26.3 Å². The van der Waals surface area contributed by atoms with Crippen molar-refractivity contribution >= 4 is 45.5 Å². The molecule has 0 fully saturated rings. The van der Waals surface area contributed by atoms with Crippen LogP contribution in [0.4, 0.5) is 27.0 Å². The van der Waals surface area contributed by atoms with Crippen LogP contribution in [0, 0.1) is 16.0 Å². The lowest BCUT2D eigenvalue weighted by Gasteiger charge is -2.23. The number of nitro benzene ring substituents is 1. The molecule has 2 aromatic carbocycles. The second kappa shape index (κ2) is 11.4. The number of benzene rings is 2. The molecule has 0 aliphatic carbocycles. The number of urea groups is 1. The molecule has 12 heteroatoms. The van der Waals surface area contributed by atoms with Gasteiger partial charge in [-0.1, -0.05) is 31.6 Å². The molecule has 1 aromatic heterocycles. The van der Waals surface area contributed by atoms with Crippen LogP contribution in [0.3, 0.4) is 0 Å². The van der Waals surface area contributed by atoms with Gasteiger partial charge >= 0.3 is 6.03 Å². The third-order valence-corrected chi connectivity index (χ3v) is 6.29. The summed E-state index contributed by atoms with van der Waals surface area (Å²) in [5.74, 6) is -0.576. The Bertz CT molecular complexity index is 1180. The summed E-state index contributed by atoms with van der Waals surface area (Å²) in [6.45, 7) is 3.77. The molecule has 2 atom stereocenters. The Morgan fingerprint density at radius 2 is 1.71 bits per heavy atom. The summed E-state index contributed by atoms with van der Waals surface area (Å²) in [6.07, 6.45) is 0.648. The maximum atomic E-state index is 13.0. The molecule has 3 amide bonds. The lowest BCUT2D eigenvalue weighted by atomic mass is 9.98. The van der Waals surface area contributed by atoms with Gasteiger partial charge in [0.15, 0.2) is 0 Å². The van der Waals surface area contributed by atoms with E-state index in [0.717, 1.165) is 11.3 Å². The summed E-state index contributed by atoms with van der Waals surface area (Å²) in [5, 5.41) is 28.0. The zero-order valence-corrected chi connectivity index (χ0v) is 20.6. The molecule has 0 radical (unpaired) electrons. The number of nitrogens with one attached hydrogen (secondary N) is 3. The van der Waals surface area contributed by atoms with E-state index in [1.165, 1.54) is 35.6 Å². The highest BCUT2D eigenvalue weighted by Gasteiger charge is 2.27. The van der Waals surface area contributed by atoms with Crippen LogP contribution in [0.5, 0.6) is 0 Å². The maximum Gasteiger partial charge on any atom is 0.319 e. The lowest BCUT2D eigenvalue weighted by molar-refractivity contribution is -0.384. The summed E-state index contributed by atoms with van der Waals surface area (Å²) in [6, 6.07) is 11.8. The first-order valence-corrected chi connectivity index (χ1v) is 11.7. The second-order valence-electron chi connectivity index (χ2n) is 8.11. The average molecular weight is 498 g/mol. The zero-order chi connectivity index (χ0) is 25.5. The first kappa shape index (κ1) is 25.6. The second-order valence-corrected chi connectivity index (χ2v) is 9.09. The number of amides is 3. The topological polar surface area (TPSA) is 142 Å². The van der Waals surface area contributed by atoms with E-state index in [1.54, 1.807) is 0 Å². The number of carbonyl (C=O) groups is 2. The molecular weight excluding hydrogens is 470 g/mol. The van der Waals surface area contributed by atoms with E-state index in [1.807, 2.05) is 57.1 Å². The normalized spacial score (nSPS) is 12.3. The molecule has 184 valence electrons. The van der Waals surface area contributed by atoms with Gasteiger partial charge in [0.2, 0.25) is 11.0 Å². The molecule has 0 bridgehead atoms. The molecule has 0 aliphatic heterocycles. The molecule has 0 saturated heterocycles. The van der Waals surface area contributed by atoms with Crippen LogP contribution in [0.1, 0.15) is 20.3 Å². The number of non-ortho nitro benzene ring substituents is 1. The van der Waals surface area contributed by atoms with Gasteiger partial charge in [0, 0.05) is 43.2 Å². The minimum absolute atomic E-state index is 0.0853. The van der Waals surface area contributed by atoms with Crippen LogP contribution in [0.25, 0.3) is 10.6 Å². The number of nitrogens with zero attached hydrogens (tertiary/aromatic N) is 4. The number of hydrogen-bond donors (Lipinski definition) is 3. The number of anilines is 3. The van der Waals surface area contributed by atoms with Crippen molar-refractivity contribution in [3.8, 4) is 10.6 Å². The van der Waals surface area contributed by atoms with Crippen molar-refractivity contribution < 1.29 is 14.5 Å². The number of aromatic nitrogens is 2. The number of rotatable bonds is 9. The van der Waals surface area contributed by atoms with Gasteiger partial charge in [-0.2, -0.15) is 0 Å². The fourth-order valence-corrected chi connectivity index (χ4v) is 3.90. The molecule has 3 rings (SSSR count). The molecule has 0 saturated carbocycles. The largest absolute Gasteiger partial charge is 0.378 e. The minimum Gasteiger partial charge on any atom is -0.378 e. The molecule has 3 aromatic rings. The van der Waals surface area contributed by atoms with Crippen LogP contribution >= 0.6 is 11.3 Å². The van der Waals surface area contributed by atoms with Gasteiger partial charge in [0.25, 0.3) is 5.69 Å². The van der Waals surface area contributed by atoms with Gasteiger partial charge in [-0.25, -0.2) is 4.79 Å². The van der Waals surface area contributed by atoms with Crippen LogP contribution in [-0.4, -0.2) is 47.2 Å². The summed E-state index contributed by atoms with van der Waals surface area (Å²) in [4.78, 5) is 37.8. The van der Waals surface area contributed by atoms with Crippen LogP contribution < -0.4 is 20.9 Å². The zero-order valence-electron chi connectivity index (χ0n) is 19.8. The molecule has 11 nitrogen and oxygen atoms in total. The van der Waals surface area contributed by atoms with E-state index in [9.17, 15) is 19.7 Å². The first-order chi connectivity index (χ1) is 16.7. The van der Waals surface area contributed by atoms with Crippen molar-refractivity contribution in [2.24, 2.45) is 5.92 Å². The molecular formula is C23H27N7O4S. The standard InChI is InChI=1S/C23H27N7O4S/c1-5-14(2)19(25-22(32)24-16-8-12-18(13-9-16)30(33)34)20(31)26-23-28-27-21(35-23)15-6-10-17(11-7-15)29(3)4/h6-14,19H,5H2,1-4H3,(H2,24,25,32)(H,26,28,31). The third kappa shape index (κ3) is 6.73. The van der Waals surface area contributed by atoms with Gasteiger partial charge in [-0.3, -0.25) is 20.2 Å².